The van der Waals surface area contributed by atoms with Crippen LogP contribution in [0.2, 0.25) is 0 Å². The molecule has 10 heteroatoms. The second-order valence-corrected chi connectivity index (χ2v) is 8.57. The molecule has 0 aliphatic carbocycles. The van der Waals surface area contributed by atoms with Crippen molar-refractivity contribution in [3.63, 3.8) is 0 Å². The highest BCUT2D eigenvalue weighted by molar-refractivity contribution is 5.94. The summed E-state index contributed by atoms with van der Waals surface area (Å²) < 4.78 is 43.5. The van der Waals surface area contributed by atoms with E-state index in [4.69, 9.17) is 4.74 Å². The van der Waals surface area contributed by atoms with Crippen LogP contribution in [0.4, 0.5) is 24.7 Å². The van der Waals surface area contributed by atoms with E-state index in [0.717, 1.165) is 31.0 Å². The van der Waals surface area contributed by atoms with Gasteiger partial charge >= 0.3 is 6.18 Å². The first-order valence-corrected chi connectivity index (χ1v) is 11.3. The summed E-state index contributed by atoms with van der Waals surface area (Å²) in [7, 11) is 0. The molecule has 0 atom stereocenters. The molecule has 1 N–H and O–H groups in total. The van der Waals surface area contributed by atoms with Crippen LogP contribution in [0.15, 0.2) is 42.6 Å². The fourth-order valence-electron chi connectivity index (χ4n) is 4.24. The van der Waals surface area contributed by atoms with Crippen LogP contribution in [0.3, 0.4) is 0 Å². The average molecular weight is 476 g/mol. The quantitative estimate of drug-likeness (QED) is 0.710. The molecule has 3 heterocycles. The van der Waals surface area contributed by atoms with Gasteiger partial charge in [-0.1, -0.05) is 0 Å². The predicted molar refractivity (Wildman–Crippen MR) is 121 cm³/mol. The Balaban J connectivity index is 1.23. The number of piperidine rings is 1. The maximum Gasteiger partial charge on any atom is 0.416 e. The fraction of sp³-hybridized carbons (Fsp3) is 0.458. The molecular formula is C24H27F3N4O3. The van der Waals surface area contributed by atoms with Crippen molar-refractivity contribution in [2.24, 2.45) is 5.92 Å². The Morgan fingerprint density at radius 3 is 2.26 bits per heavy atom. The lowest BCUT2D eigenvalue weighted by molar-refractivity contribution is -0.137. The van der Waals surface area contributed by atoms with Gasteiger partial charge in [0, 0.05) is 38.2 Å². The van der Waals surface area contributed by atoms with Gasteiger partial charge in [0.25, 0.3) is 5.91 Å². The van der Waals surface area contributed by atoms with Crippen LogP contribution in [-0.2, 0) is 15.7 Å². The molecule has 34 heavy (non-hydrogen) atoms. The zero-order valence-electron chi connectivity index (χ0n) is 18.7. The summed E-state index contributed by atoms with van der Waals surface area (Å²) in [6.45, 7) is 3.86. The van der Waals surface area contributed by atoms with Gasteiger partial charge in [-0.25, -0.2) is 4.98 Å². The molecule has 0 radical (unpaired) electrons. The minimum Gasteiger partial charge on any atom is -0.378 e. The topological polar surface area (TPSA) is 74.8 Å². The van der Waals surface area contributed by atoms with Gasteiger partial charge in [-0.3, -0.25) is 9.59 Å². The molecule has 0 saturated carbocycles. The summed E-state index contributed by atoms with van der Waals surface area (Å²) in [4.78, 5) is 33.3. The number of carbonyl (C=O) groups excluding carboxylic acids is 2. The average Bonchev–Trinajstić information content (AvgIpc) is 2.84. The van der Waals surface area contributed by atoms with Crippen LogP contribution in [0, 0.1) is 5.92 Å². The lowest BCUT2D eigenvalue weighted by Crippen LogP contribution is -2.39. The molecule has 2 aliphatic heterocycles. The Morgan fingerprint density at radius 2 is 1.68 bits per heavy atom. The van der Waals surface area contributed by atoms with E-state index in [-0.39, 0.29) is 23.3 Å². The van der Waals surface area contributed by atoms with Gasteiger partial charge < -0.3 is 19.9 Å². The number of nitrogens with one attached hydrogen (secondary N) is 1. The third-order valence-corrected chi connectivity index (χ3v) is 6.20. The molecule has 2 fully saturated rings. The third kappa shape index (κ3) is 6.05. The number of pyridine rings is 1. The summed E-state index contributed by atoms with van der Waals surface area (Å²) in [6, 6.07) is 7.98. The van der Waals surface area contributed by atoms with Crippen molar-refractivity contribution >= 4 is 23.3 Å². The number of hydrogen-bond donors (Lipinski definition) is 1. The van der Waals surface area contributed by atoms with Crippen LogP contribution in [0.5, 0.6) is 0 Å². The smallest absolute Gasteiger partial charge is 0.378 e. The number of carbonyl (C=O) groups is 2. The summed E-state index contributed by atoms with van der Waals surface area (Å²) in [6.07, 6.45) is -1.12. The zero-order valence-corrected chi connectivity index (χ0v) is 18.7. The highest BCUT2D eigenvalue weighted by atomic mass is 19.4. The summed E-state index contributed by atoms with van der Waals surface area (Å²) in [5, 5.41) is 2.88. The Hall–Kier alpha value is -3.14. The number of rotatable bonds is 5. The number of alkyl halides is 3. The Morgan fingerprint density at radius 1 is 1.00 bits per heavy atom. The number of hydrogen-bond acceptors (Lipinski definition) is 5. The van der Waals surface area contributed by atoms with Crippen molar-refractivity contribution in [2.75, 3.05) is 49.6 Å². The predicted octanol–water partition coefficient (Wildman–Crippen LogP) is 3.82. The molecule has 1 aromatic heterocycles. The van der Waals surface area contributed by atoms with E-state index >= 15 is 0 Å². The molecule has 2 saturated heterocycles. The Kier molecular flexibility index (Phi) is 7.35. The molecule has 4 rings (SSSR count). The standard InChI is InChI=1S/C24H27F3N4O3/c25-24(26,27)19-3-1-18(2-4-19)23(33)31-9-7-17(8-10-31)15-22(32)29-20-5-6-21(28-16-20)30-11-13-34-14-12-30/h1-6,16-17H,7-15H2,(H,29,32). The number of ether oxygens (including phenoxy) is 1. The van der Waals surface area contributed by atoms with Gasteiger partial charge in [0.15, 0.2) is 0 Å². The number of likely N-dealkylation sites (tertiary alicyclic amines) is 1. The van der Waals surface area contributed by atoms with E-state index in [0.29, 0.717) is 51.3 Å². The lowest BCUT2D eigenvalue weighted by atomic mass is 9.92. The number of amides is 2. The number of morpholine rings is 1. The van der Waals surface area contributed by atoms with Gasteiger partial charge in [-0.05, 0) is 55.2 Å². The van der Waals surface area contributed by atoms with E-state index in [2.05, 4.69) is 15.2 Å². The van der Waals surface area contributed by atoms with Crippen LogP contribution in [0.25, 0.3) is 0 Å². The van der Waals surface area contributed by atoms with E-state index in [9.17, 15) is 22.8 Å². The minimum atomic E-state index is -4.43. The van der Waals surface area contributed by atoms with Crippen molar-refractivity contribution in [2.45, 2.75) is 25.4 Å². The first-order valence-electron chi connectivity index (χ1n) is 11.3. The number of anilines is 2. The fourth-order valence-corrected chi connectivity index (χ4v) is 4.24. The second-order valence-electron chi connectivity index (χ2n) is 8.57. The number of benzene rings is 1. The Labute approximate surface area is 195 Å². The van der Waals surface area contributed by atoms with Crippen molar-refractivity contribution in [1.82, 2.24) is 9.88 Å². The molecule has 2 aromatic rings. The van der Waals surface area contributed by atoms with E-state index < -0.39 is 11.7 Å². The molecule has 0 spiro atoms. The van der Waals surface area contributed by atoms with Gasteiger partial charge in [-0.15, -0.1) is 0 Å². The van der Waals surface area contributed by atoms with Crippen molar-refractivity contribution in [3.8, 4) is 0 Å². The summed E-state index contributed by atoms with van der Waals surface area (Å²) in [5.41, 5.74) is 0.0915. The normalized spacial score (nSPS) is 17.5. The number of nitrogens with zero attached hydrogens (tertiary/aromatic N) is 3. The highest BCUT2D eigenvalue weighted by Crippen LogP contribution is 2.29. The Bertz CT molecular complexity index is 982. The van der Waals surface area contributed by atoms with Crippen molar-refractivity contribution < 1.29 is 27.5 Å². The molecule has 2 amide bonds. The minimum absolute atomic E-state index is 0.103. The molecule has 2 aliphatic rings. The first-order chi connectivity index (χ1) is 16.3. The van der Waals surface area contributed by atoms with Gasteiger partial charge in [0.05, 0.1) is 30.7 Å². The van der Waals surface area contributed by atoms with Crippen molar-refractivity contribution in [1.29, 1.82) is 0 Å². The molecule has 0 bridgehead atoms. The van der Waals surface area contributed by atoms with Crippen molar-refractivity contribution in [3.05, 3.63) is 53.7 Å². The number of halogens is 3. The van der Waals surface area contributed by atoms with Gasteiger partial charge in [0.1, 0.15) is 5.82 Å². The largest absolute Gasteiger partial charge is 0.416 e. The van der Waals surface area contributed by atoms with Crippen LogP contribution in [-0.4, -0.2) is 61.1 Å². The van der Waals surface area contributed by atoms with Crippen LogP contribution < -0.4 is 10.2 Å². The molecule has 0 unspecified atom stereocenters. The first kappa shape index (κ1) is 24.0. The molecular weight excluding hydrogens is 449 g/mol. The summed E-state index contributed by atoms with van der Waals surface area (Å²) >= 11 is 0. The highest BCUT2D eigenvalue weighted by Gasteiger charge is 2.31. The SMILES string of the molecule is O=C(CC1CCN(C(=O)c2ccc(C(F)(F)F)cc2)CC1)Nc1ccc(N2CCOCC2)nc1. The second kappa shape index (κ2) is 10.4. The summed E-state index contributed by atoms with van der Waals surface area (Å²) in [5.74, 6) is 0.597. The van der Waals surface area contributed by atoms with E-state index in [1.165, 1.54) is 12.1 Å². The maximum absolute atomic E-state index is 12.7. The molecule has 7 nitrogen and oxygen atoms in total. The van der Waals surface area contributed by atoms with Crippen LogP contribution >= 0.6 is 0 Å². The zero-order chi connectivity index (χ0) is 24.1. The van der Waals surface area contributed by atoms with Crippen LogP contribution in [0.1, 0.15) is 35.2 Å². The molecule has 182 valence electrons. The van der Waals surface area contributed by atoms with Gasteiger partial charge in [0.2, 0.25) is 5.91 Å². The van der Waals surface area contributed by atoms with Gasteiger partial charge in [-0.2, -0.15) is 13.2 Å². The monoisotopic (exact) mass is 476 g/mol. The number of aromatic nitrogens is 1. The maximum atomic E-state index is 12.7. The molecule has 1 aromatic carbocycles. The van der Waals surface area contributed by atoms with E-state index in [1.807, 2.05) is 12.1 Å². The van der Waals surface area contributed by atoms with E-state index in [1.54, 1.807) is 11.1 Å². The lowest BCUT2D eigenvalue weighted by Gasteiger charge is -2.32. The third-order valence-electron chi connectivity index (χ3n) is 6.20.